The largest absolute Gasteiger partial charge is 0.437 e. The molecule has 0 bridgehead atoms. The van der Waals surface area contributed by atoms with Crippen molar-refractivity contribution in [1.82, 2.24) is 4.98 Å². The van der Waals surface area contributed by atoms with Gasteiger partial charge in [-0.3, -0.25) is 0 Å². The van der Waals surface area contributed by atoms with Crippen molar-refractivity contribution in [2.75, 3.05) is 0 Å². The fourth-order valence-electron chi connectivity index (χ4n) is 4.29. The highest BCUT2D eigenvalue weighted by molar-refractivity contribution is 6.12. The van der Waals surface area contributed by atoms with Gasteiger partial charge in [0.25, 0.3) is 0 Å². The smallest absolute Gasteiger partial charge is 0.227 e. The molecule has 2 aromatic carbocycles. The Hall–Kier alpha value is -3.20. The number of furan rings is 1. The van der Waals surface area contributed by atoms with Crippen molar-refractivity contribution >= 4 is 33.0 Å². The first-order valence-electron chi connectivity index (χ1n) is 9.63. The van der Waals surface area contributed by atoms with Crippen LogP contribution in [0.4, 0.5) is 0 Å². The second-order valence-electron chi connectivity index (χ2n) is 7.86. The Morgan fingerprint density at radius 1 is 0.857 bits per heavy atom. The number of aryl methyl sites for hydroxylation is 5. The zero-order chi connectivity index (χ0) is 19.6. The van der Waals surface area contributed by atoms with Gasteiger partial charge in [-0.25, -0.2) is 9.55 Å². The van der Waals surface area contributed by atoms with Crippen LogP contribution in [0.5, 0.6) is 0 Å². The molecule has 5 aromatic rings. The molecule has 28 heavy (non-hydrogen) atoms. The quantitative estimate of drug-likeness (QED) is 0.347. The monoisotopic (exact) mass is 367 g/mol. The maximum atomic E-state index is 6.41. The number of pyridine rings is 2. The Balaban J connectivity index is 1.95. The van der Waals surface area contributed by atoms with Crippen molar-refractivity contribution in [2.24, 2.45) is 7.05 Å². The number of aromatic nitrogens is 2. The van der Waals surface area contributed by atoms with Crippen LogP contribution >= 0.6 is 0 Å². The molecule has 0 saturated heterocycles. The lowest BCUT2D eigenvalue weighted by molar-refractivity contribution is -0.660. The minimum atomic E-state index is 0.704. The third kappa shape index (κ3) is 2.36. The fraction of sp³-hybridized carbons (Fsp3) is 0.200. The van der Waals surface area contributed by atoms with Crippen molar-refractivity contribution < 1.29 is 8.98 Å². The van der Waals surface area contributed by atoms with Crippen LogP contribution in [0.25, 0.3) is 44.2 Å². The van der Waals surface area contributed by atoms with Crippen molar-refractivity contribution in [3.05, 3.63) is 70.9 Å². The standard InChI is InChI=1S/C25H23N2O/c1-14-11-21(27(5)13-17(14)4)23-16(3)10-15(2)22-19-12-18-8-6-7-9-20(18)26-25(19)28-24(22)23/h6-13H,1-5H3/q+1. The summed E-state index contributed by atoms with van der Waals surface area (Å²) in [6.07, 6.45) is 2.19. The van der Waals surface area contributed by atoms with E-state index in [1.165, 1.54) is 22.3 Å². The van der Waals surface area contributed by atoms with E-state index in [0.29, 0.717) is 5.71 Å². The molecule has 138 valence electrons. The van der Waals surface area contributed by atoms with E-state index in [0.717, 1.165) is 38.5 Å². The van der Waals surface area contributed by atoms with Gasteiger partial charge in [-0.1, -0.05) is 24.3 Å². The molecule has 3 heterocycles. The van der Waals surface area contributed by atoms with Crippen LogP contribution in [0.1, 0.15) is 22.3 Å². The van der Waals surface area contributed by atoms with E-state index in [-0.39, 0.29) is 0 Å². The SMILES string of the molecule is Cc1cc(-c2c(C)cc(C)c3c2oc2nc4ccccc4cc23)[n+](C)cc1C. The van der Waals surface area contributed by atoms with Gasteiger partial charge in [-0.2, -0.15) is 0 Å². The summed E-state index contributed by atoms with van der Waals surface area (Å²) in [6, 6.07) is 14.9. The Morgan fingerprint density at radius 3 is 2.46 bits per heavy atom. The molecule has 0 radical (unpaired) electrons. The van der Waals surface area contributed by atoms with Gasteiger partial charge in [-0.15, -0.1) is 0 Å². The van der Waals surface area contributed by atoms with Gasteiger partial charge in [-0.05, 0) is 56.5 Å². The lowest BCUT2D eigenvalue weighted by Gasteiger charge is -2.09. The van der Waals surface area contributed by atoms with Gasteiger partial charge in [0.05, 0.1) is 11.1 Å². The van der Waals surface area contributed by atoms with Gasteiger partial charge >= 0.3 is 0 Å². The zero-order valence-electron chi connectivity index (χ0n) is 16.9. The minimum Gasteiger partial charge on any atom is -0.437 e. The van der Waals surface area contributed by atoms with Gasteiger partial charge in [0, 0.05) is 27.8 Å². The summed E-state index contributed by atoms with van der Waals surface area (Å²) in [4.78, 5) is 4.80. The third-order valence-corrected chi connectivity index (χ3v) is 5.83. The Labute approximate surface area is 164 Å². The van der Waals surface area contributed by atoms with E-state index in [1.54, 1.807) is 0 Å². The molecule has 0 saturated carbocycles. The topological polar surface area (TPSA) is 29.9 Å². The Morgan fingerprint density at radius 2 is 1.64 bits per heavy atom. The average molecular weight is 367 g/mol. The molecule has 0 fully saturated rings. The fourth-order valence-corrected chi connectivity index (χ4v) is 4.29. The van der Waals surface area contributed by atoms with E-state index in [9.17, 15) is 0 Å². The lowest BCUT2D eigenvalue weighted by Crippen LogP contribution is -2.31. The van der Waals surface area contributed by atoms with Crippen molar-refractivity contribution in [1.29, 1.82) is 0 Å². The van der Waals surface area contributed by atoms with Crippen molar-refractivity contribution in [2.45, 2.75) is 27.7 Å². The van der Waals surface area contributed by atoms with Gasteiger partial charge in [0.2, 0.25) is 11.4 Å². The summed E-state index contributed by atoms with van der Waals surface area (Å²) < 4.78 is 8.60. The summed E-state index contributed by atoms with van der Waals surface area (Å²) in [6.45, 7) is 8.62. The van der Waals surface area contributed by atoms with Crippen LogP contribution in [0.3, 0.4) is 0 Å². The predicted molar refractivity (Wildman–Crippen MR) is 115 cm³/mol. The lowest BCUT2D eigenvalue weighted by atomic mass is 9.96. The molecule has 0 atom stereocenters. The number of fused-ring (bicyclic) bond motifs is 4. The van der Waals surface area contributed by atoms with Gasteiger partial charge in [0.15, 0.2) is 11.8 Å². The Kier molecular flexibility index (Phi) is 3.57. The number of rotatable bonds is 1. The molecule has 0 aliphatic heterocycles. The molecule has 3 nitrogen and oxygen atoms in total. The highest BCUT2D eigenvalue weighted by atomic mass is 16.3. The maximum absolute atomic E-state index is 6.41. The average Bonchev–Trinajstić information content (AvgIpc) is 3.02. The molecule has 5 rings (SSSR count). The van der Waals surface area contributed by atoms with Crippen molar-refractivity contribution in [3.8, 4) is 11.3 Å². The van der Waals surface area contributed by atoms with Crippen LogP contribution in [0.2, 0.25) is 0 Å². The molecule has 0 amide bonds. The highest BCUT2D eigenvalue weighted by Crippen LogP contribution is 2.39. The predicted octanol–water partition coefficient (Wildman–Crippen LogP) is 5.86. The maximum Gasteiger partial charge on any atom is 0.227 e. The van der Waals surface area contributed by atoms with E-state index in [2.05, 4.69) is 75.8 Å². The van der Waals surface area contributed by atoms with Crippen LogP contribution in [-0.4, -0.2) is 4.98 Å². The van der Waals surface area contributed by atoms with Crippen LogP contribution in [0.15, 0.2) is 53.1 Å². The molecule has 3 aromatic heterocycles. The van der Waals surface area contributed by atoms with E-state index in [4.69, 9.17) is 9.40 Å². The number of nitrogens with zero attached hydrogens (tertiary/aromatic N) is 2. The van der Waals surface area contributed by atoms with Gasteiger partial charge in [0.1, 0.15) is 7.05 Å². The second kappa shape index (κ2) is 5.90. The summed E-state index contributed by atoms with van der Waals surface area (Å²) in [5.41, 5.74) is 9.89. The second-order valence-corrected chi connectivity index (χ2v) is 7.86. The summed E-state index contributed by atoms with van der Waals surface area (Å²) in [5.74, 6) is 0. The van der Waals surface area contributed by atoms with Crippen LogP contribution < -0.4 is 4.57 Å². The normalized spacial score (nSPS) is 11.8. The summed E-state index contributed by atoms with van der Waals surface area (Å²) in [5, 5.41) is 3.38. The number of benzene rings is 2. The molecule has 0 N–H and O–H groups in total. The first-order chi connectivity index (χ1) is 13.4. The van der Waals surface area contributed by atoms with E-state index in [1.807, 2.05) is 12.1 Å². The third-order valence-electron chi connectivity index (χ3n) is 5.83. The molecule has 0 spiro atoms. The first-order valence-corrected chi connectivity index (χ1v) is 9.63. The summed E-state index contributed by atoms with van der Waals surface area (Å²) >= 11 is 0. The number of hydrogen-bond donors (Lipinski definition) is 0. The molecule has 0 unspecified atom stereocenters. The van der Waals surface area contributed by atoms with Crippen molar-refractivity contribution in [3.63, 3.8) is 0 Å². The number of para-hydroxylation sites is 1. The highest BCUT2D eigenvalue weighted by Gasteiger charge is 2.23. The first kappa shape index (κ1) is 16.9. The molecular weight excluding hydrogens is 344 g/mol. The molecule has 3 heteroatoms. The molecular formula is C25H23N2O+. The molecule has 0 aliphatic carbocycles. The minimum absolute atomic E-state index is 0.704. The number of hydrogen-bond acceptors (Lipinski definition) is 2. The van der Waals surface area contributed by atoms with Crippen LogP contribution in [-0.2, 0) is 7.05 Å². The van der Waals surface area contributed by atoms with Gasteiger partial charge < -0.3 is 4.42 Å². The van der Waals surface area contributed by atoms with E-state index < -0.39 is 0 Å². The van der Waals surface area contributed by atoms with Crippen LogP contribution in [0, 0.1) is 27.7 Å². The summed E-state index contributed by atoms with van der Waals surface area (Å²) in [7, 11) is 2.10. The van der Waals surface area contributed by atoms with E-state index >= 15 is 0 Å². The Bertz CT molecular complexity index is 1410. The zero-order valence-corrected chi connectivity index (χ0v) is 16.9. The molecule has 0 aliphatic rings.